The standard InChI is InChI=1S/C23H23ClN2O3/c1-29-22-9-8-14(24)10-21(22)19-6-2-5-18-17(19)4-3-7-20(18)23(28)26-15-11-16(27)13-25-12-15/h2-10,15-16,25,27H,11-13H2,1H3,(H,26,28)/t15-,16+/m0/s1. The summed E-state index contributed by atoms with van der Waals surface area (Å²) in [5.74, 6) is 0.575. The quantitative estimate of drug-likeness (QED) is 0.614. The Morgan fingerprint density at radius 1 is 1.10 bits per heavy atom. The number of hydrogen-bond donors (Lipinski definition) is 3. The fourth-order valence-corrected chi connectivity index (χ4v) is 4.10. The summed E-state index contributed by atoms with van der Waals surface area (Å²) in [6.45, 7) is 1.21. The number of halogens is 1. The number of aliphatic hydroxyl groups excluding tert-OH is 1. The normalized spacial score (nSPS) is 19.1. The van der Waals surface area contributed by atoms with E-state index in [1.807, 2.05) is 48.5 Å². The maximum Gasteiger partial charge on any atom is 0.252 e. The Hall–Kier alpha value is -2.60. The molecule has 1 fully saturated rings. The van der Waals surface area contributed by atoms with Crippen molar-refractivity contribution in [3.05, 3.63) is 65.2 Å². The largest absolute Gasteiger partial charge is 0.496 e. The number of carbonyl (C=O) groups excluding carboxylic acids is 1. The number of β-amino-alcohol motifs (C(OH)–C–C–N with tert-alkyl or cyclic N) is 1. The van der Waals surface area contributed by atoms with Crippen molar-refractivity contribution in [2.24, 2.45) is 0 Å². The summed E-state index contributed by atoms with van der Waals surface area (Å²) in [4.78, 5) is 13.0. The molecule has 6 heteroatoms. The van der Waals surface area contributed by atoms with Gasteiger partial charge in [-0.3, -0.25) is 4.79 Å². The summed E-state index contributed by atoms with van der Waals surface area (Å²) in [5.41, 5.74) is 2.43. The molecular weight excluding hydrogens is 388 g/mol. The summed E-state index contributed by atoms with van der Waals surface area (Å²) in [7, 11) is 1.63. The Balaban J connectivity index is 1.74. The van der Waals surface area contributed by atoms with Gasteiger partial charge in [0.2, 0.25) is 0 Å². The highest BCUT2D eigenvalue weighted by Gasteiger charge is 2.22. The molecule has 5 nitrogen and oxygen atoms in total. The molecule has 1 amide bonds. The van der Waals surface area contributed by atoms with Crippen molar-refractivity contribution in [1.82, 2.24) is 10.6 Å². The molecule has 3 aromatic rings. The van der Waals surface area contributed by atoms with Crippen LogP contribution in [0.1, 0.15) is 16.8 Å². The SMILES string of the molecule is COc1ccc(Cl)cc1-c1cccc2c(C(=O)N[C@@H]3CNC[C@H](O)C3)cccc12. The molecule has 1 heterocycles. The number of fused-ring (bicyclic) bond motifs is 1. The third-order valence-electron chi connectivity index (χ3n) is 5.28. The van der Waals surface area contributed by atoms with Gasteiger partial charge in [-0.25, -0.2) is 0 Å². The van der Waals surface area contributed by atoms with Crippen molar-refractivity contribution >= 4 is 28.3 Å². The number of nitrogens with one attached hydrogen (secondary N) is 2. The van der Waals surface area contributed by atoms with Crippen LogP contribution in [-0.2, 0) is 0 Å². The first-order chi connectivity index (χ1) is 14.1. The van der Waals surface area contributed by atoms with Gasteiger partial charge in [0.15, 0.2) is 0 Å². The number of ether oxygens (including phenoxy) is 1. The van der Waals surface area contributed by atoms with Crippen LogP contribution in [0.15, 0.2) is 54.6 Å². The van der Waals surface area contributed by atoms with E-state index in [4.69, 9.17) is 16.3 Å². The molecule has 0 radical (unpaired) electrons. The highest BCUT2D eigenvalue weighted by Crippen LogP contribution is 2.37. The Labute approximate surface area is 174 Å². The minimum Gasteiger partial charge on any atom is -0.496 e. The lowest BCUT2D eigenvalue weighted by Gasteiger charge is -2.27. The van der Waals surface area contributed by atoms with E-state index in [1.165, 1.54) is 0 Å². The second-order valence-corrected chi connectivity index (χ2v) is 7.71. The van der Waals surface area contributed by atoms with Crippen LogP contribution < -0.4 is 15.4 Å². The number of hydrogen-bond acceptors (Lipinski definition) is 4. The Bertz CT molecular complexity index is 1050. The van der Waals surface area contributed by atoms with Gasteiger partial charge in [-0.1, -0.05) is 41.9 Å². The van der Waals surface area contributed by atoms with Crippen LogP contribution in [0.25, 0.3) is 21.9 Å². The molecule has 3 aromatic carbocycles. The fraction of sp³-hybridized carbons (Fsp3) is 0.261. The minimum absolute atomic E-state index is 0.0993. The zero-order valence-electron chi connectivity index (χ0n) is 16.1. The minimum atomic E-state index is -0.441. The lowest BCUT2D eigenvalue weighted by Crippen LogP contribution is -2.50. The summed E-state index contributed by atoms with van der Waals surface area (Å²) in [5, 5.41) is 18.4. The summed E-state index contributed by atoms with van der Waals surface area (Å²) in [6, 6.07) is 17.0. The summed E-state index contributed by atoms with van der Waals surface area (Å²) in [6.07, 6.45) is 0.109. The summed E-state index contributed by atoms with van der Waals surface area (Å²) >= 11 is 6.23. The van der Waals surface area contributed by atoms with Crippen molar-refractivity contribution in [2.75, 3.05) is 20.2 Å². The van der Waals surface area contributed by atoms with E-state index in [9.17, 15) is 9.90 Å². The Morgan fingerprint density at radius 2 is 1.90 bits per heavy atom. The van der Waals surface area contributed by atoms with Crippen molar-refractivity contribution in [3.63, 3.8) is 0 Å². The van der Waals surface area contributed by atoms with E-state index < -0.39 is 6.10 Å². The van der Waals surface area contributed by atoms with Crippen molar-refractivity contribution in [1.29, 1.82) is 0 Å². The van der Waals surface area contributed by atoms with Gasteiger partial charge in [0.1, 0.15) is 5.75 Å². The van der Waals surface area contributed by atoms with Gasteiger partial charge < -0.3 is 20.5 Å². The monoisotopic (exact) mass is 410 g/mol. The first-order valence-corrected chi connectivity index (χ1v) is 10.00. The van der Waals surface area contributed by atoms with Crippen LogP contribution in [0.5, 0.6) is 5.75 Å². The second-order valence-electron chi connectivity index (χ2n) is 7.27. The van der Waals surface area contributed by atoms with Crippen molar-refractivity contribution < 1.29 is 14.6 Å². The molecule has 0 spiro atoms. The van der Waals surface area contributed by atoms with Gasteiger partial charge in [-0.2, -0.15) is 0 Å². The molecule has 1 aliphatic heterocycles. The van der Waals surface area contributed by atoms with Crippen molar-refractivity contribution in [3.8, 4) is 16.9 Å². The number of benzene rings is 3. The average molecular weight is 411 g/mol. The maximum atomic E-state index is 13.0. The third-order valence-corrected chi connectivity index (χ3v) is 5.52. The summed E-state index contributed by atoms with van der Waals surface area (Å²) < 4.78 is 5.52. The topological polar surface area (TPSA) is 70.6 Å². The molecule has 3 N–H and O–H groups in total. The molecule has 29 heavy (non-hydrogen) atoms. The van der Waals surface area contributed by atoms with Gasteiger partial charge in [0.05, 0.1) is 13.2 Å². The molecule has 2 atom stereocenters. The van der Waals surface area contributed by atoms with Crippen LogP contribution in [0.3, 0.4) is 0 Å². The van der Waals surface area contributed by atoms with Crippen LogP contribution >= 0.6 is 11.6 Å². The zero-order valence-corrected chi connectivity index (χ0v) is 16.9. The van der Waals surface area contributed by atoms with E-state index in [2.05, 4.69) is 10.6 Å². The van der Waals surface area contributed by atoms with Gasteiger partial charge >= 0.3 is 0 Å². The predicted molar refractivity (Wildman–Crippen MR) is 116 cm³/mol. The van der Waals surface area contributed by atoms with Crippen molar-refractivity contribution in [2.45, 2.75) is 18.6 Å². The number of amides is 1. The molecule has 0 bridgehead atoms. The first kappa shape index (κ1) is 19.7. The van der Waals surface area contributed by atoms with E-state index >= 15 is 0 Å². The van der Waals surface area contributed by atoms with Crippen LogP contribution in [0, 0.1) is 0 Å². The number of methoxy groups -OCH3 is 1. The Kier molecular flexibility index (Phi) is 5.72. The van der Waals surface area contributed by atoms with Gasteiger partial charge in [0, 0.05) is 35.3 Å². The predicted octanol–water partition coefficient (Wildman–Crippen LogP) is 3.62. The molecule has 0 unspecified atom stereocenters. The molecule has 150 valence electrons. The molecule has 1 aliphatic rings. The van der Waals surface area contributed by atoms with Crippen LogP contribution in [0.2, 0.25) is 5.02 Å². The molecular formula is C23H23ClN2O3. The molecule has 0 aromatic heterocycles. The maximum absolute atomic E-state index is 13.0. The van der Waals surface area contributed by atoms with Gasteiger partial charge in [-0.05, 0) is 47.0 Å². The zero-order chi connectivity index (χ0) is 20.4. The van der Waals surface area contributed by atoms with Gasteiger partial charge in [-0.15, -0.1) is 0 Å². The van der Waals surface area contributed by atoms with Crippen LogP contribution in [0.4, 0.5) is 0 Å². The molecule has 4 rings (SSSR count). The molecule has 1 saturated heterocycles. The lowest BCUT2D eigenvalue weighted by atomic mass is 9.94. The highest BCUT2D eigenvalue weighted by molar-refractivity contribution is 6.31. The van der Waals surface area contributed by atoms with Crippen LogP contribution in [-0.4, -0.2) is 43.4 Å². The average Bonchev–Trinajstić information content (AvgIpc) is 2.73. The third kappa shape index (κ3) is 4.08. The number of aliphatic hydroxyl groups is 1. The van der Waals surface area contributed by atoms with E-state index in [-0.39, 0.29) is 11.9 Å². The number of piperidine rings is 1. The van der Waals surface area contributed by atoms with Gasteiger partial charge in [0.25, 0.3) is 5.91 Å². The smallest absolute Gasteiger partial charge is 0.252 e. The number of rotatable bonds is 4. The molecule has 0 aliphatic carbocycles. The van der Waals surface area contributed by atoms with E-state index in [1.54, 1.807) is 13.2 Å². The Morgan fingerprint density at radius 3 is 2.69 bits per heavy atom. The lowest BCUT2D eigenvalue weighted by molar-refractivity contribution is 0.0878. The van der Waals surface area contributed by atoms with E-state index in [0.29, 0.717) is 30.1 Å². The fourth-order valence-electron chi connectivity index (χ4n) is 3.93. The first-order valence-electron chi connectivity index (χ1n) is 9.62. The molecule has 0 saturated carbocycles. The number of carbonyl (C=O) groups is 1. The second kappa shape index (κ2) is 8.41. The van der Waals surface area contributed by atoms with E-state index in [0.717, 1.165) is 27.6 Å². The highest BCUT2D eigenvalue weighted by atomic mass is 35.5.